The lowest BCUT2D eigenvalue weighted by Gasteiger charge is -2.04. The average Bonchev–Trinajstić information content (AvgIpc) is 2.81. The fraction of sp³-hybridized carbons (Fsp3) is 0.385. The maximum Gasteiger partial charge on any atom is 0.126 e. The van der Waals surface area contributed by atoms with Crippen molar-refractivity contribution in [3.63, 3.8) is 0 Å². The van der Waals surface area contributed by atoms with Gasteiger partial charge in [0.25, 0.3) is 0 Å². The molecule has 2 aromatic rings. The van der Waals surface area contributed by atoms with Crippen LogP contribution in [0.3, 0.4) is 0 Å². The molecule has 18 heavy (non-hydrogen) atoms. The first-order valence-electron chi connectivity index (χ1n) is 6.01. The Kier molecular flexibility index (Phi) is 4.38. The number of rotatable bonds is 5. The molecule has 2 rings (SSSR count). The fourth-order valence-corrected chi connectivity index (χ4v) is 2.30. The van der Waals surface area contributed by atoms with Crippen LogP contribution in [0, 0.1) is 12.7 Å². The third-order valence-corrected chi connectivity index (χ3v) is 3.43. The van der Waals surface area contributed by atoms with E-state index in [1.165, 1.54) is 17.6 Å². The Bertz CT molecular complexity index is 525. The summed E-state index contributed by atoms with van der Waals surface area (Å²) in [5.41, 5.74) is 2.22. The Morgan fingerprint density at radius 2 is 2.22 bits per heavy atom. The molecule has 0 bridgehead atoms. The summed E-state index contributed by atoms with van der Waals surface area (Å²) in [6.07, 6.45) is 1.08. The maximum atomic E-state index is 13.5. The third-order valence-electron chi connectivity index (χ3n) is 2.71. The zero-order valence-electron chi connectivity index (χ0n) is 10.5. The van der Waals surface area contributed by atoms with E-state index in [0.717, 1.165) is 35.6 Å². The quantitative estimate of drug-likeness (QED) is 0.844. The van der Waals surface area contributed by atoms with Crippen molar-refractivity contribution >= 4 is 11.5 Å². The van der Waals surface area contributed by atoms with Crippen LogP contribution in [0.25, 0.3) is 11.3 Å². The van der Waals surface area contributed by atoms with Gasteiger partial charge in [-0.25, -0.2) is 4.39 Å². The lowest BCUT2D eigenvalue weighted by atomic mass is 10.1. The Morgan fingerprint density at radius 3 is 2.94 bits per heavy atom. The number of hydrogen-bond acceptors (Lipinski definition) is 4. The van der Waals surface area contributed by atoms with Crippen LogP contribution in [0.1, 0.15) is 23.8 Å². The molecular formula is C13H16FN3S. The summed E-state index contributed by atoms with van der Waals surface area (Å²) >= 11 is 1.36. The van der Waals surface area contributed by atoms with E-state index in [4.69, 9.17) is 0 Å². The van der Waals surface area contributed by atoms with Crippen molar-refractivity contribution < 1.29 is 4.39 Å². The van der Waals surface area contributed by atoms with Crippen LogP contribution in [-0.2, 0) is 6.54 Å². The van der Waals surface area contributed by atoms with Gasteiger partial charge in [-0.05, 0) is 43.1 Å². The molecule has 0 saturated carbocycles. The summed E-state index contributed by atoms with van der Waals surface area (Å²) in [5.74, 6) is -0.201. The molecule has 1 N–H and O–H groups in total. The van der Waals surface area contributed by atoms with Gasteiger partial charge in [-0.1, -0.05) is 23.5 Å². The van der Waals surface area contributed by atoms with E-state index in [1.54, 1.807) is 13.0 Å². The molecular weight excluding hydrogens is 249 g/mol. The first-order chi connectivity index (χ1) is 8.72. The van der Waals surface area contributed by atoms with E-state index < -0.39 is 0 Å². The molecule has 96 valence electrons. The van der Waals surface area contributed by atoms with Gasteiger partial charge in [0.15, 0.2) is 0 Å². The normalized spacial score (nSPS) is 10.8. The highest BCUT2D eigenvalue weighted by molar-refractivity contribution is 7.05. The molecule has 0 radical (unpaired) electrons. The number of halogens is 1. The minimum atomic E-state index is -0.201. The highest BCUT2D eigenvalue weighted by Crippen LogP contribution is 2.25. The minimum absolute atomic E-state index is 0.201. The van der Waals surface area contributed by atoms with Crippen molar-refractivity contribution in [3.8, 4) is 11.3 Å². The monoisotopic (exact) mass is 265 g/mol. The van der Waals surface area contributed by atoms with Gasteiger partial charge in [0.2, 0.25) is 0 Å². The van der Waals surface area contributed by atoms with E-state index in [2.05, 4.69) is 21.8 Å². The van der Waals surface area contributed by atoms with Crippen LogP contribution < -0.4 is 5.32 Å². The van der Waals surface area contributed by atoms with Gasteiger partial charge in [-0.2, -0.15) is 0 Å². The highest BCUT2D eigenvalue weighted by atomic mass is 32.1. The predicted octanol–water partition coefficient (Wildman–Crippen LogP) is 3.15. The molecule has 3 nitrogen and oxygen atoms in total. The van der Waals surface area contributed by atoms with E-state index >= 15 is 0 Å². The van der Waals surface area contributed by atoms with Gasteiger partial charge in [0.05, 0.1) is 4.88 Å². The van der Waals surface area contributed by atoms with Gasteiger partial charge in [-0.15, -0.1) is 5.10 Å². The van der Waals surface area contributed by atoms with Gasteiger partial charge in [-0.3, -0.25) is 0 Å². The van der Waals surface area contributed by atoms with Crippen molar-refractivity contribution in [1.82, 2.24) is 14.9 Å². The molecule has 0 unspecified atom stereocenters. The zero-order chi connectivity index (χ0) is 13.0. The Morgan fingerprint density at radius 1 is 1.39 bits per heavy atom. The smallest absolute Gasteiger partial charge is 0.126 e. The number of nitrogens with one attached hydrogen (secondary N) is 1. The van der Waals surface area contributed by atoms with Gasteiger partial charge >= 0.3 is 0 Å². The SMILES string of the molecule is CCCNCc1snnc1-c1ccc(C)c(F)c1. The number of hydrogen-bond donors (Lipinski definition) is 1. The van der Waals surface area contributed by atoms with Crippen molar-refractivity contribution in [3.05, 3.63) is 34.5 Å². The lowest BCUT2D eigenvalue weighted by Crippen LogP contribution is -2.13. The van der Waals surface area contributed by atoms with E-state index in [-0.39, 0.29) is 5.82 Å². The molecule has 0 fully saturated rings. The largest absolute Gasteiger partial charge is 0.312 e. The van der Waals surface area contributed by atoms with Crippen molar-refractivity contribution in [2.75, 3.05) is 6.54 Å². The van der Waals surface area contributed by atoms with Gasteiger partial charge in [0.1, 0.15) is 11.5 Å². The molecule has 0 aliphatic heterocycles. The predicted molar refractivity (Wildman–Crippen MR) is 72.0 cm³/mol. The van der Waals surface area contributed by atoms with Crippen LogP contribution in [-0.4, -0.2) is 16.1 Å². The van der Waals surface area contributed by atoms with E-state index in [0.29, 0.717) is 5.56 Å². The molecule has 0 atom stereocenters. The number of aromatic nitrogens is 2. The molecule has 0 aliphatic carbocycles. The molecule has 1 aromatic carbocycles. The maximum absolute atomic E-state index is 13.5. The Balaban J connectivity index is 2.22. The third kappa shape index (κ3) is 2.91. The summed E-state index contributed by atoms with van der Waals surface area (Å²) in [7, 11) is 0. The molecule has 0 saturated heterocycles. The molecule has 0 amide bonds. The number of aryl methyl sites for hydroxylation is 1. The molecule has 1 heterocycles. The van der Waals surface area contributed by atoms with Crippen LogP contribution in [0.15, 0.2) is 18.2 Å². The molecule has 5 heteroatoms. The van der Waals surface area contributed by atoms with Crippen molar-refractivity contribution in [2.45, 2.75) is 26.8 Å². The second kappa shape index (κ2) is 6.02. The fourth-order valence-electron chi connectivity index (χ4n) is 1.66. The number of nitrogens with zero attached hydrogens (tertiary/aromatic N) is 2. The first kappa shape index (κ1) is 13.1. The van der Waals surface area contributed by atoms with Crippen molar-refractivity contribution in [2.24, 2.45) is 0 Å². The second-order valence-corrected chi connectivity index (χ2v) is 5.02. The zero-order valence-corrected chi connectivity index (χ0v) is 11.4. The average molecular weight is 265 g/mol. The summed E-state index contributed by atoms with van der Waals surface area (Å²) < 4.78 is 17.5. The Labute approximate surface area is 110 Å². The van der Waals surface area contributed by atoms with Gasteiger partial charge < -0.3 is 5.32 Å². The van der Waals surface area contributed by atoms with Crippen LogP contribution >= 0.6 is 11.5 Å². The van der Waals surface area contributed by atoms with Gasteiger partial charge in [0, 0.05) is 12.1 Å². The summed E-state index contributed by atoms with van der Waals surface area (Å²) in [6, 6.07) is 5.18. The lowest BCUT2D eigenvalue weighted by molar-refractivity contribution is 0.619. The molecule has 0 aliphatic rings. The number of benzene rings is 1. The van der Waals surface area contributed by atoms with Crippen molar-refractivity contribution in [1.29, 1.82) is 0 Å². The van der Waals surface area contributed by atoms with E-state index in [1.807, 2.05) is 6.07 Å². The van der Waals surface area contributed by atoms with Crippen LogP contribution in [0.4, 0.5) is 4.39 Å². The second-order valence-electron chi connectivity index (χ2n) is 4.19. The Hall–Kier alpha value is -1.33. The topological polar surface area (TPSA) is 37.8 Å². The van der Waals surface area contributed by atoms with E-state index in [9.17, 15) is 4.39 Å². The van der Waals surface area contributed by atoms with Crippen LogP contribution in [0.2, 0.25) is 0 Å². The van der Waals surface area contributed by atoms with Crippen LogP contribution in [0.5, 0.6) is 0 Å². The summed E-state index contributed by atoms with van der Waals surface area (Å²) in [5, 5.41) is 7.41. The minimum Gasteiger partial charge on any atom is -0.312 e. The summed E-state index contributed by atoms with van der Waals surface area (Å²) in [6.45, 7) is 5.56. The molecule has 1 aromatic heterocycles. The summed E-state index contributed by atoms with van der Waals surface area (Å²) in [4.78, 5) is 1.05. The standard InChI is InChI=1S/C13H16FN3S/c1-3-6-15-8-12-13(16-17-18-12)10-5-4-9(2)11(14)7-10/h4-5,7,15H,3,6,8H2,1-2H3. The molecule has 0 spiro atoms. The first-order valence-corrected chi connectivity index (χ1v) is 6.78. The highest BCUT2D eigenvalue weighted by Gasteiger charge is 2.11.